The maximum Gasteiger partial charge on any atom is 0.291 e. The van der Waals surface area contributed by atoms with Crippen LogP contribution in [-0.2, 0) is 4.74 Å². The minimum absolute atomic E-state index is 0.169. The smallest absolute Gasteiger partial charge is 0.291 e. The van der Waals surface area contributed by atoms with Gasteiger partial charge in [-0.15, -0.1) is 5.10 Å². The first-order chi connectivity index (χ1) is 8.00. The molecule has 17 heavy (non-hydrogen) atoms. The minimum Gasteiger partial charge on any atom is -0.377 e. The maximum atomic E-state index is 11.6. The molecule has 96 valence electrons. The van der Waals surface area contributed by atoms with E-state index in [-0.39, 0.29) is 23.8 Å². The number of hydrogen-bond donors (Lipinski definition) is 2. The van der Waals surface area contributed by atoms with E-state index < -0.39 is 0 Å². The first-order valence-corrected chi connectivity index (χ1v) is 5.82. The summed E-state index contributed by atoms with van der Waals surface area (Å²) in [7, 11) is 0. The van der Waals surface area contributed by atoms with Gasteiger partial charge < -0.3 is 10.1 Å². The highest BCUT2D eigenvalue weighted by atomic mass is 16.5. The number of nitrogens with one attached hydrogen (secondary N) is 2. The lowest BCUT2D eigenvalue weighted by Gasteiger charge is -2.07. The molecule has 1 rings (SSSR count). The van der Waals surface area contributed by atoms with Crippen LogP contribution in [0.2, 0.25) is 0 Å². The molecule has 1 heterocycles. The van der Waals surface area contributed by atoms with Crippen molar-refractivity contribution in [1.29, 1.82) is 0 Å². The third-order valence-corrected chi connectivity index (χ3v) is 2.09. The summed E-state index contributed by atoms with van der Waals surface area (Å²) >= 11 is 0. The van der Waals surface area contributed by atoms with Crippen LogP contribution in [0.15, 0.2) is 0 Å². The molecule has 0 atom stereocenters. The Balaban J connectivity index is 2.36. The largest absolute Gasteiger partial charge is 0.377 e. The second-order valence-corrected chi connectivity index (χ2v) is 4.37. The predicted molar refractivity (Wildman–Crippen MR) is 63.9 cm³/mol. The third-order valence-electron chi connectivity index (χ3n) is 2.09. The van der Waals surface area contributed by atoms with Crippen molar-refractivity contribution in [3.63, 3.8) is 0 Å². The Morgan fingerprint density at radius 2 is 2.12 bits per heavy atom. The fraction of sp³-hybridized carbons (Fsp3) is 0.727. The van der Waals surface area contributed by atoms with E-state index in [2.05, 4.69) is 20.5 Å². The minimum atomic E-state index is -0.277. The summed E-state index contributed by atoms with van der Waals surface area (Å²) in [5.74, 6) is 0.848. The molecule has 0 aliphatic carbocycles. The lowest BCUT2D eigenvalue weighted by atomic mass is 10.2. The van der Waals surface area contributed by atoms with Gasteiger partial charge >= 0.3 is 0 Å². The molecule has 1 amide bonds. The molecule has 0 saturated carbocycles. The summed E-state index contributed by atoms with van der Waals surface area (Å²) in [6.45, 7) is 8.82. The number of amides is 1. The van der Waals surface area contributed by atoms with Crippen LogP contribution in [0, 0.1) is 0 Å². The normalized spacial score (nSPS) is 11.2. The first kappa shape index (κ1) is 13.6. The molecular weight excluding hydrogens is 220 g/mol. The van der Waals surface area contributed by atoms with Crippen molar-refractivity contribution in [1.82, 2.24) is 20.5 Å². The second-order valence-electron chi connectivity index (χ2n) is 4.37. The molecule has 1 aromatic heterocycles. The average Bonchev–Trinajstić information content (AvgIpc) is 2.73. The molecule has 0 radical (unpaired) electrons. The van der Waals surface area contributed by atoms with Gasteiger partial charge in [0.1, 0.15) is 5.82 Å². The Bertz CT molecular complexity index is 360. The monoisotopic (exact) mass is 240 g/mol. The van der Waals surface area contributed by atoms with E-state index in [4.69, 9.17) is 4.74 Å². The van der Waals surface area contributed by atoms with Gasteiger partial charge in [-0.3, -0.25) is 9.89 Å². The summed E-state index contributed by atoms with van der Waals surface area (Å²) < 4.78 is 5.31. The number of rotatable bonds is 6. The van der Waals surface area contributed by atoms with Gasteiger partial charge in [0.2, 0.25) is 5.82 Å². The number of nitrogens with zero attached hydrogens (tertiary/aromatic N) is 2. The molecular formula is C11H20N4O2. The van der Waals surface area contributed by atoms with Crippen molar-refractivity contribution >= 4 is 5.91 Å². The molecule has 0 bridgehead atoms. The Kier molecular flexibility index (Phi) is 5.09. The number of carbonyl (C=O) groups is 1. The van der Waals surface area contributed by atoms with Gasteiger partial charge in [0.05, 0.1) is 12.7 Å². The Labute approximate surface area is 101 Å². The zero-order valence-corrected chi connectivity index (χ0v) is 10.8. The van der Waals surface area contributed by atoms with Crippen molar-refractivity contribution in [2.75, 3.05) is 13.2 Å². The summed E-state index contributed by atoms with van der Waals surface area (Å²) in [6.07, 6.45) is 0.169. The van der Waals surface area contributed by atoms with Crippen molar-refractivity contribution in [3.8, 4) is 0 Å². The average molecular weight is 240 g/mol. The molecule has 0 aliphatic rings. The molecule has 0 spiro atoms. The molecule has 0 fully saturated rings. The van der Waals surface area contributed by atoms with Crippen LogP contribution < -0.4 is 5.32 Å². The number of ether oxygens (including phenoxy) is 1. The number of aromatic nitrogens is 3. The highest BCUT2D eigenvalue weighted by molar-refractivity contribution is 5.90. The number of H-pyrrole nitrogens is 1. The van der Waals surface area contributed by atoms with Gasteiger partial charge in [-0.25, -0.2) is 4.98 Å². The van der Waals surface area contributed by atoms with Gasteiger partial charge in [-0.1, -0.05) is 13.8 Å². The Morgan fingerprint density at radius 3 is 2.65 bits per heavy atom. The van der Waals surface area contributed by atoms with Crippen LogP contribution >= 0.6 is 0 Å². The maximum absolute atomic E-state index is 11.6. The topological polar surface area (TPSA) is 79.9 Å². The zero-order chi connectivity index (χ0) is 12.8. The second kappa shape index (κ2) is 6.34. The number of hydrogen-bond acceptors (Lipinski definition) is 4. The van der Waals surface area contributed by atoms with Crippen molar-refractivity contribution in [2.24, 2.45) is 0 Å². The van der Waals surface area contributed by atoms with Crippen molar-refractivity contribution < 1.29 is 9.53 Å². The third kappa shape index (κ3) is 4.52. The molecule has 2 N–H and O–H groups in total. The van der Waals surface area contributed by atoms with E-state index in [1.807, 2.05) is 27.7 Å². The first-order valence-electron chi connectivity index (χ1n) is 5.82. The summed E-state index contributed by atoms with van der Waals surface area (Å²) in [4.78, 5) is 15.7. The summed E-state index contributed by atoms with van der Waals surface area (Å²) in [6, 6.07) is 0. The van der Waals surface area contributed by atoms with Crippen LogP contribution in [0.4, 0.5) is 0 Å². The van der Waals surface area contributed by atoms with E-state index in [0.717, 1.165) is 0 Å². The molecule has 6 heteroatoms. The lowest BCUT2D eigenvalue weighted by molar-refractivity contribution is 0.0743. The van der Waals surface area contributed by atoms with E-state index in [0.29, 0.717) is 19.0 Å². The fourth-order valence-electron chi connectivity index (χ4n) is 1.17. The van der Waals surface area contributed by atoms with Crippen LogP contribution in [0.3, 0.4) is 0 Å². The van der Waals surface area contributed by atoms with Crippen molar-refractivity contribution in [2.45, 2.75) is 39.7 Å². The lowest BCUT2D eigenvalue weighted by Crippen LogP contribution is -2.28. The van der Waals surface area contributed by atoms with Crippen LogP contribution in [0.25, 0.3) is 0 Å². The van der Waals surface area contributed by atoms with Gasteiger partial charge in [-0.05, 0) is 13.8 Å². The highest BCUT2D eigenvalue weighted by Gasteiger charge is 2.13. The zero-order valence-electron chi connectivity index (χ0n) is 10.8. The molecule has 0 aromatic carbocycles. The van der Waals surface area contributed by atoms with Crippen LogP contribution in [0.5, 0.6) is 0 Å². The van der Waals surface area contributed by atoms with Gasteiger partial charge in [-0.2, -0.15) is 0 Å². The van der Waals surface area contributed by atoms with Gasteiger partial charge in [0.15, 0.2) is 0 Å². The molecule has 6 nitrogen and oxygen atoms in total. The molecule has 0 unspecified atom stereocenters. The molecule has 1 aromatic rings. The Morgan fingerprint density at radius 1 is 1.41 bits per heavy atom. The van der Waals surface area contributed by atoms with E-state index in [1.54, 1.807) is 0 Å². The number of carbonyl (C=O) groups excluding carboxylic acids is 1. The SMILES string of the molecule is CC(C)OCCNC(=O)c1n[nH]c(C(C)C)n1. The molecule has 0 saturated heterocycles. The van der Waals surface area contributed by atoms with Crippen LogP contribution in [0.1, 0.15) is 50.1 Å². The molecule has 0 aliphatic heterocycles. The van der Waals surface area contributed by atoms with Crippen molar-refractivity contribution in [3.05, 3.63) is 11.6 Å². The van der Waals surface area contributed by atoms with Gasteiger partial charge in [0.25, 0.3) is 5.91 Å². The predicted octanol–water partition coefficient (Wildman–Crippen LogP) is 1.08. The summed E-state index contributed by atoms with van der Waals surface area (Å²) in [5, 5.41) is 9.30. The van der Waals surface area contributed by atoms with Gasteiger partial charge in [0, 0.05) is 12.5 Å². The number of aromatic amines is 1. The quantitative estimate of drug-likeness (QED) is 0.729. The highest BCUT2D eigenvalue weighted by Crippen LogP contribution is 2.07. The van der Waals surface area contributed by atoms with E-state index in [1.165, 1.54) is 0 Å². The standard InChI is InChI=1S/C11H20N4O2/c1-7(2)9-13-10(15-14-9)11(16)12-5-6-17-8(3)4/h7-8H,5-6H2,1-4H3,(H,12,16)(H,13,14,15). The van der Waals surface area contributed by atoms with E-state index >= 15 is 0 Å². The summed E-state index contributed by atoms with van der Waals surface area (Å²) in [5.41, 5.74) is 0. The van der Waals surface area contributed by atoms with E-state index in [9.17, 15) is 4.79 Å². The fourth-order valence-corrected chi connectivity index (χ4v) is 1.17. The Hall–Kier alpha value is -1.43. The van der Waals surface area contributed by atoms with Crippen LogP contribution in [-0.4, -0.2) is 40.3 Å².